The highest BCUT2D eigenvalue weighted by Gasteiger charge is 2.41. The normalized spacial score (nSPS) is 25.6. The molecule has 0 saturated heterocycles. The van der Waals surface area contributed by atoms with Crippen LogP contribution < -0.4 is 10.6 Å². The molecule has 13 heteroatoms. The first-order valence-electron chi connectivity index (χ1n) is 16.2. The van der Waals surface area contributed by atoms with Crippen molar-refractivity contribution in [2.24, 2.45) is 17.8 Å². The van der Waals surface area contributed by atoms with Crippen molar-refractivity contribution in [3.63, 3.8) is 0 Å². The van der Waals surface area contributed by atoms with Gasteiger partial charge in [0.1, 0.15) is 28.5 Å². The van der Waals surface area contributed by atoms with Gasteiger partial charge in [0.15, 0.2) is 6.10 Å². The van der Waals surface area contributed by atoms with E-state index < -0.39 is 71.7 Å². The maximum Gasteiger partial charge on any atom is 0.311 e. The maximum atomic E-state index is 14.3. The van der Waals surface area contributed by atoms with Crippen molar-refractivity contribution in [3.8, 4) is 5.75 Å². The molecule has 2 unspecified atom stereocenters. The van der Waals surface area contributed by atoms with Crippen molar-refractivity contribution in [1.29, 1.82) is 0 Å². The van der Waals surface area contributed by atoms with E-state index >= 15 is 0 Å². The number of cyclic esters (lactones) is 1. The number of hydrogen-bond acceptors (Lipinski definition) is 9. The Hall–Kier alpha value is -4.00. The van der Waals surface area contributed by atoms with Crippen molar-refractivity contribution in [3.05, 3.63) is 45.9 Å². The summed E-state index contributed by atoms with van der Waals surface area (Å²) in [6.45, 7) is 12.5. The molecular weight excluding hydrogens is 622 g/mol. The van der Waals surface area contributed by atoms with E-state index in [4.69, 9.17) is 4.74 Å². The molecule has 3 rings (SSSR count). The fourth-order valence-electron chi connectivity index (χ4n) is 5.72. The van der Waals surface area contributed by atoms with Crippen molar-refractivity contribution in [2.75, 3.05) is 14.1 Å². The number of thiazole rings is 1. The SMILES string of the molecule is CCCC1NC(=O)c2csc(n2)[C@H](C)NC(=O)[C@H](C(C)C)N(C)C(=O)[C@H](Cc2ccc(O)cc2)N(C)C(=O)[C@H](C(C)C)OC(=O)C1C. The highest BCUT2D eigenvalue weighted by atomic mass is 32.1. The first-order chi connectivity index (χ1) is 22.1. The van der Waals surface area contributed by atoms with E-state index in [1.54, 1.807) is 45.2 Å². The monoisotopic (exact) mass is 671 g/mol. The zero-order valence-electron chi connectivity index (χ0n) is 28.8. The van der Waals surface area contributed by atoms with Crippen LogP contribution in [0.2, 0.25) is 0 Å². The molecule has 1 aliphatic heterocycles. The minimum absolute atomic E-state index is 0.0543. The van der Waals surface area contributed by atoms with Gasteiger partial charge in [0.25, 0.3) is 11.8 Å². The number of phenolic OH excluding ortho intramolecular Hbond substituents is 1. The van der Waals surface area contributed by atoms with E-state index in [0.29, 0.717) is 23.4 Å². The molecule has 4 amide bonds. The summed E-state index contributed by atoms with van der Waals surface area (Å²) in [7, 11) is 3.02. The number of fused-ring (bicyclic) bond motifs is 2. The van der Waals surface area contributed by atoms with Crippen molar-refractivity contribution < 1.29 is 33.8 Å². The van der Waals surface area contributed by atoms with E-state index in [0.717, 1.165) is 0 Å². The van der Waals surface area contributed by atoms with Crippen LogP contribution in [0.4, 0.5) is 0 Å². The molecule has 2 bridgehead atoms. The van der Waals surface area contributed by atoms with Crippen LogP contribution in [0, 0.1) is 17.8 Å². The van der Waals surface area contributed by atoms with E-state index in [1.165, 1.54) is 47.4 Å². The molecule has 258 valence electrons. The standard InChI is InChI=1S/C34H49N5O7S/c1-10-11-24-20(6)34(45)46-28(19(4)5)33(44)38(8)26(16-22-12-14-23(40)15-13-22)32(43)39(9)27(18(2)3)30(42)35-21(7)31-37-25(17-47-31)29(41)36-24/h12-15,17-21,24,26-28,40H,10-11,16H2,1-9H3,(H,35,42)(H,36,41)/t20?,21-,24?,26-,27-,28-/m0/s1. The molecule has 1 aromatic carbocycles. The van der Waals surface area contributed by atoms with Gasteiger partial charge in [-0.05, 0) is 49.8 Å². The molecule has 0 aliphatic carbocycles. The highest BCUT2D eigenvalue weighted by Crippen LogP contribution is 2.24. The summed E-state index contributed by atoms with van der Waals surface area (Å²) in [6, 6.07) is 3.18. The van der Waals surface area contributed by atoms with Gasteiger partial charge < -0.3 is 30.3 Å². The number of amides is 4. The number of esters is 1. The molecule has 0 radical (unpaired) electrons. The Morgan fingerprint density at radius 2 is 1.57 bits per heavy atom. The lowest BCUT2D eigenvalue weighted by Crippen LogP contribution is -2.58. The number of aromatic nitrogens is 1. The van der Waals surface area contributed by atoms with Gasteiger partial charge in [-0.3, -0.25) is 24.0 Å². The number of nitrogens with one attached hydrogen (secondary N) is 2. The van der Waals surface area contributed by atoms with Crippen LogP contribution in [0.25, 0.3) is 0 Å². The number of phenols is 1. The molecule has 0 spiro atoms. The molecule has 12 nitrogen and oxygen atoms in total. The third-order valence-corrected chi connectivity index (χ3v) is 9.63. The fraction of sp³-hybridized carbons (Fsp3) is 0.588. The Kier molecular flexibility index (Phi) is 12.9. The lowest BCUT2D eigenvalue weighted by molar-refractivity contribution is -0.168. The van der Waals surface area contributed by atoms with E-state index in [9.17, 15) is 29.1 Å². The summed E-state index contributed by atoms with van der Waals surface area (Å²) in [6.07, 6.45) is 0.0181. The molecule has 47 heavy (non-hydrogen) atoms. The van der Waals surface area contributed by atoms with Crippen LogP contribution in [0.15, 0.2) is 29.6 Å². The number of carbonyl (C=O) groups excluding carboxylic acids is 5. The van der Waals surface area contributed by atoms with Crippen LogP contribution in [0.3, 0.4) is 0 Å². The third-order valence-electron chi connectivity index (χ3n) is 8.60. The maximum absolute atomic E-state index is 14.3. The van der Waals surface area contributed by atoms with Crippen molar-refractivity contribution in [1.82, 2.24) is 25.4 Å². The van der Waals surface area contributed by atoms with Crippen LogP contribution in [0.1, 0.15) is 88.4 Å². The molecule has 1 aromatic heterocycles. The van der Waals surface area contributed by atoms with Crippen LogP contribution in [-0.2, 0) is 30.3 Å². The first kappa shape index (κ1) is 37.5. The summed E-state index contributed by atoms with van der Waals surface area (Å²) >= 11 is 1.23. The predicted molar refractivity (Wildman–Crippen MR) is 178 cm³/mol. The second-order valence-electron chi connectivity index (χ2n) is 13.0. The topological polar surface area (TPSA) is 158 Å². The Balaban J connectivity index is 2.13. The highest BCUT2D eigenvalue weighted by molar-refractivity contribution is 7.09. The van der Waals surface area contributed by atoms with Crippen molar-refractivity contribution >= 4 is 40.9 Å². The number of rotatable bonds is 6. The molecular formula is C34H49N5O7S. The fourth-order valence-corrected chi connectivity index (χ4v) is 6.52. The molecule has 2 heterocycles. The number of nitrogens with zero attached hydrogens (tertiary/aromatic N) is 3. The number of hydrogen-bond donors (Lipinski definition) is 3. The molecule has 6 atom stereocenters. The third kappa shape index (κ3) is 9.09. The predicted octanol–water partition coefficient (Wildman–Crippen LogP) is 3.69. The molecule has 0 saturated carbocycles. The number of likely N-dealkylation sites (N-methyl/N-ethyl adjacent to an activating group) is 2. The Morgan fingerprint density at radius 1 is 0.936 bits per heavy atom. The first-order valence-corrected chi connectivity index (χ1v) is 17.0. The average molecular weight is 672 g/mol. The van der Waals surface area contributed by atoms with E-state index in [-0.39, 0.29) is 23.8 Å². The van der Waals surface area contributed by atoms with Gasteiger partial charge in [-0.1, -0.05) is 53.2 Å². The van der Waals surface area contributed by atoms with E-state index in [1.807, 2.05) is 20.8 Å². The number of carbonyl (C=O) groups is 5. The van der Waals surface area contributed by atoms with Gasteiger partial charge >= 0.3 is 5.97 Å². The molecule has 1 aliphatic rings. The van der Waals surface area contributed by atoms with Gasteiger partial charge in [-0.25, -0.2) is 4.98 Å². The van der Waals surface area contributed by atoms with Gasteiger partial charge in [0, 0.05) is 31.9 Å². The largest absolute Gasteiger partial charge is 0.508 e. The zero-order chi connectivity index (χ0) is 35.2. The second-order valence-corrected chi connectivity index (χ2v) is 13.9. The summed E-state index contributed by atoms with van der Waals surface area (Å²) in [4.78, 5) is 76.1. The summed E-state index contributed by atoms with van der Waals surface area (Å²) in [5.41, 5.74) is 0.837. The Bertz CT molecular complexity index is 1430. The van der Waals surface area contributed by atoms with Crippen LogP contribution >= 0.6 is 11.3 Å². The summed E-state index contributed by atoms with van der Waals surface area (Å²) < 4.78 is 5.86. The van der Waals surface area contributed by atoms with Gasteiger partial charge in [-0.15, -0.1) is 11.3 Å². The minimum atomic E-state index is -1.22. The van der Waals surface area contributed by atoms with Crippen LogP contribution in [0.5, 0.6) is 5.75 Å². The summed E-state index contributed by atoms with van der Waals surface area (Å²) in [5.74, 6) is -4.06. The van der Waals surface area contributed by atoms with E-state index in [2.05, 4.69) is 15.6 Å². The lowest BCUT2D eigenvalue weighted by atomic mass is 9.96. The smallest absolute Gasteiger partial charge is 0.311 e. The average Bonchev–Trinajstić information content (AvgIpc) is 3.52. The number of ether oxygens (including phenoxy) is 1. The molecule has 2 aromatic rings. The Labute approximate surface area is 281 Å². The lowest BCUT2D eigenvalue weighted by Gasteiger charge is -2.37. The van der Waals surface area contributed by atoms with Crippen LogP contribution in [-0.4, -0.2) is 87.8 Å². The van der Waals surface area contributed by atoms with Crippen molar-refractivity contribution in [2.45, 2.75) is 98.0 Å². The van der Waals surface area contributed by atoms with Gasteiger partial charge in [-0.2, -0.15) is 0 Å². The Morgan fingerprint density at radius 3 is 2.15 bits per heavy atom. The minimum Gasteiger partial charge on any atom is -0.508 e. The zero-order valence-corrected chi connectivity index (χ0v) is 29.6. The van der Waals surface area contributed by atoms with Gasteiger partial charge in [0.05, 0.1) is 12.0 Å². The number of benzene rings is 1. The molecule has 3 N–H and O–H groups in total. The van der Waals surface area contributed by atoms with Gasteiger partial charge in [0.2, 0.25) is 11.8 Å². The summed E-state index contributed by atoms with van der Waals surface area (Å²) in [5, 5.41) is 17.8. The quantitative estimate of drug-likeness (QED) is 0.393. The second kappa shape index (κ2) is 16.2. The molecule has 0 fully saturated rings. The number of aromatic hydroxyl groups is 1.